The van der Waals surface area contributed by atoms with Crippen LogP contribution >= 0.6 is 11.8 Å². The number of aliphatic imine (C=N–C) groups is 1. The second-order valence-corrected chi connectivity index (χ2v) is 7.00. The smallest absolute Gasteiger partial charge is 0.227 e. The van der Waals surface area contributed by atoms with E-state index in [9.17, 15) is 4.79 Å². The molecule has 1 aliphatic heterocycles. The number of benzene rings is 1. The standard InChI is InChI=1S/C17H26N4OS/c1-3-13(2)16(22)20-15-6-4-5-14(11-15)12-19-17(18)21-7-9-23-10-8-21/h4-6,11,13H,3,7-10,12H2,1-2H3,(H2,18,19)(H,20,22). The molecule has 0 radical (unpaired) electrons. The molecular weight excluding hydrogens is 308 g/mol. The molecule has 1 atom stereocenters. The van der Waals surface area contributed by atoms with E-state index in [4.69, 9.17) is 5.73 Å². The molecule has 0 aromatic heterocycles. The molecule has 1 heterocycles. The summed E-state index contributed by atoms with van der Waals surface area (Å²) in [6.07, 6.45) is 0.834. The molecule has 1 saturated heterocycles. The number of nitrogens with one attached hydrogen (secondary N) is 1. The van der Waals surface area contributed by atoms with Crippen LogP contribution in [0.5, 0.6) is 0 Å². The Morgan fingerprint density at radius 2 is 2.17 bits per heavy atom. The number of carbonyl (C=O) groups is 1. The van der Waals surface area contributed by atoms with Gasteiger partial charge in [-0.3, -0.25) is 4.79 Å². The topological polar surface area (TPSA) is 70.7 Å². The lowest BCUT2D eigenvalue weighted by Crippen LogP contribution is -2.42. The summed E-state index contributed by atoms with van der Waals surface area (Å²) in [5.41, 5.74) is 7.93. The van der Waals surface area contributed by atoms with Crippen LogP contribution in [0.3, 0.4) is 0 Å². The van der Waals surface area contributed by atoms with Crippen molar-refractivity contribution in [3.05, 3.63) is 29.8 Å². The van der Waals surface area contributed by atoms with Gasteiger partial charge in [-0.25, -0.2) is 4.99 Å². The van der Waals surface area contributed by atoms with E-state index in [1.165, 1.54) is 0 Å². The Balaban J connectivity index is 1.95. The average Bonchev–Trinajstić information content (AvgIpc) is 2.60. The zero-order chi connectivity index (χ0) is 16.7. The fraction of sp³-hybridized carbons (Fsp3) is 0.529. The van der Waals surface area contributed by atoms with Crippen molar-refractivity contribution >= 4 is 29.3 Å². The van der Waals surface area contributed by atoms with Crippen LogP contribution in [-0.2, 0) is 11.3 Å². The first-order chi connectivity index (χ1) is 11.1. The summed E-state index contributed by atoms with van der Waals surface area (Å²) in [6, 6.07) is 7.80. The molecule has 3 N–H and O–H groups in total. The highest BCUT2D eigenvalue weighted by atomic mass is 32.2. The predicted molar refractivity (Wildman–Crippen MR) is 98.8 cm³/mol. The summed E-state index contributed by atoms with van der Waals surface area (Å²) in [5.74, 6) is 2.89. The van der Waals surface area contributed by atoms with Crippen LogP contribution in [-0.4, -0.2) is 41.4 Å². The molecule has 6 heteroatoms. The van der Waals surface area contributed by atoms with E-state index in [1.54, 1.807) is 0 Å². The van der Waals surface area contributed by atoms with E-state index in [0.29, 0.717) is 12.5 Å². The first-order valence-corrected chi connectivity index (χ1v) is 9.28. The molecule has 2 rings (SSSR count). The molecule has 126 valence electrons. The second-order valence-electron chi connectivity index (χ2n) is 5.77. The maximum atomic E-state index is 12.0. The number of guanidine groups is 1. The van der Waals surface area contributed by atoms with Gasteiger partial charge >= 0.3 is 0 Å². The van der Waals surface area contributed by atoms with Gasteiger partial charge in [0.1, 0.15) is 0 Å². The van der Waals surface area contributed by atoms with Crippen molar-refractivity contribution in [2.24, 2.45) is 16.6 Å². The van der Waals surface area contributed by atoms with E-state index in [1.807, 2.05) is 49.9 Å². The van der Waals surface area contributed by atoms with Gasteiger partial charge in [0.2, 0.25) is 5.91 Å². The predicted octanol–water partition coefficient (Wildman–Crippen LogP) is 2.53. The molecule has 0 aliphatic carbocycles. The minimum Gasteiger partial charge on any atom is -0.370 e. The van der Waals surface area contributed by atoms with E-state index in [0.717, 1.165) is 42.3 Å². The van der Waals surface area contributed by atoms with Crippen LogP contribution in [0.15, 0.2) is 29.3 Å². The number of nitrogens with zero attached hydrogens (tertiary/aromatic N) is 2. The molecule has 0 bridgehead atoms. The fourth-order valence-corrected chi connectivity index (χ4v) is 3.17. The molecule has 1 unspecified atom stereocenters. The Morgan fingerprint density at radius 1 is 1.43 bits per heavy atom. The SMILES string of the molecule is CCC(C)C(=O)Nc1cccc(CN=C(N)N2CCSCC2)c1. The molecule has 0 saturated carbocycles. The Hall–Kier alpha value is -1.69. The quantitative estimate of drug-likeness (QED) is 0.641. The highest BCUT2D eigenvalue weighted by Gasteiger charge is 2.12. The number of nitrogens with two attached hydrogens (primary N) is 1. The van der Waals surface area contributed by atoms with Crippen LogP contribution in [0.4, 0.5) is 5.69 Å². The molecule has 1 amide bonds. The van der Waals surface area contributed by atoms with Gasteiger partial charge in [-0.1, -0.05) is 26.0 Å². The van der Waals surface area contributed by atoms with Gasteiger partial charge in [-0.15, -0.1) is 0 Å². The van der Waals surface area contributed by atoms with Gasteiger partial charge in [0.05, 0.1) is 6.54 Å². The zero-order valence-electron chi connectivity index (χ0n) is 13.9. The third-order valence-electron chi connectivity index (χ3n) is 4.01. The average molecular weight is 334 g/mol. The largest absolute Gasteiger partial charge is 0.370 e. The number of thioether (sulfide) groups is 1. The summed E-state index contributed by atoms with van der Waals surface area (Å²) >= 11 is 1.95. The van der Waals surface area contributed by atoms with Gasteiger partial charge in [0.25, 0.3) is 0 Å². The van der Waals surface area contributed by atoms with Gasteiger partial charge in [-0.2, -0.15) is 11.8 Å². The summed E-state index contributed by atoms with van der Waals surface area (Å²) < 4.78 is 0. The van der Waals surface area contributed by atoms with Crippen molar-refractivity contribution < 1.29 is 4.79 Å². The summed E-state index contributed by atoms with van der Waals surface area (Å²) in [4.78, 5) is 18.6. The van der Waals surface area contributed by atoms with Crippen molar-refractivity contribution in [2.45, 2.75) is 26.8 Å². The lowest BCUT2D eigenvalue weighted by Gasteiger charge is -2.27. The Labute approximate surface area is 142 Å². The molecular formula is C17H26N4OS. The van der Waals surface area contributed by atoms with E-state index < -0.39 is 0 Å². The minimum atomic E-state index is 0.0179. The molecule has 23 heavy (non-hydrogen) atoms. The normalized spacial score (nSPS) is 17.0. The van der Waals surface area contributed by atoms with Crippen LogP contribution in [0.25, 0.3) is 0 Å². The van der Waals surface area contributed by atoms with E-state index in [2.05, 4.69) is 15.2 Å². The lowest BCUT2D eigenvalue weighted by atomic mass is 10.1. The second kappa shape index (κ2) is 8.82. The first-order valence-electron chi connectivity index (χ1n) is 8.12. The molecule has 0 spiro atoms. The summed E-state index contributed by atoms with van der Waals surface area (Å²) in [6.45, 7) is 6.40. The number of rotatable bonds is 5. The molecule has 5 nitrogen and oxygen atoms in total. The number of anilines is 1. The lowest BCUT2D eigenvalue weighted by molar-refractivity contribution is -0.119. The molecule has 1 aromatic rings. The Bertz CT molecular complexity index is 555. The van der Waals surface area contributed by atoms with Crippen molar-refractivity contribution in [1.82, 2.24) is 4.90 Å². The van der Waals surface area contributed by atoms with Crippen molar-refractivity contribution in [1.29, 1.82) is 0 Å². The maximum Gasteiger partial charge on any atom is 0.227 e. The first kappa shape index (κ1) is 17.7. The summed E-state index contributed by atoms with van der Waals surface area (Å²) in [5, 5.41) is 2.95. The molecule has 1 aromatic carbocycles. The van der Waals surface area contributed by atoms with Gasteiger partial charge in [0.15, 0.2) is 5.96 Å². The number of carbonyl (C=O) groups excluding carboxylic acids is 1. The zero-order valence-corrected chi connectivity index (χ0v) is 14.7. The highest BCUT2D eigenvalue weighted by Crippen LogP contribution is 2.14. The fourth-order valence-electron chi connectivity index (χ4n) is 2.26. The Kier molecular flexibility index (Phi) is 6.77. The maximum absolute atomic E-state index is 12.0. The third-order valence-corrected chi connectivity index (χ3v) is 4.96. The summed E-state index contributed by atoms with van der Waals surface area (Å²) in [7, 11) is 0. The minimum absolute atomic E-state index is 0.0179. The van der Waals surface area contributed by atoms with Crippen molar-refractivity contribution in [2.75, 3.05) is 29.9 Å². The Morgan fingerprint density at radius 3 is 2.87 bits per heavy atom. The van der Waals surface area contributed by atoms with E-state index in [-0.39, 0.29) is 11.8 Å². The monoisotopic (exact) mass is 334 g/mol. The van der Waals surface area contributed by atoms with Gasteiger partial charge in [0, 0.05) is 36.2 Å². The van der Waals surface area contributed by atoms with Gasteiger partial charge < -0.3 is 16.0 Å². The highest BCUT2D eigenvalue weighted by molar-refractivity contribution is 7.99. The van der Waals surface area contributed by atoms with Gasteiger partial charge in [-0.05, 0) is 24.1 Å². The van der Waals surface area contributed by atoms with E-state index >= 15 is 0 Å². The molecule has 1 aliphatic rings. The number of amides is 1. The van der Waals surface area contributed by atoms with Crippen LogP contribution in [0, 0.1) is 5.92 Å². The third kappa shape index (κ3) is 5.46. The number of hydrogen-bond acceptors (Lipinski definition) is 3. The van der Waals surface area contributed by atoms with Crippen LogP contribution in [0.1, 0.15) is 25.8 Å². The van der Waals surface area contributed by atoms with Crippen molar-refractivity contribution in [3.8, 4) is 0 Å². The van der Waals surface area contributed by atoms with Crippen LogP contribution in [0.2, 0.25) is 0 Å². The molecule has 1 fully saturated rings. The van der Waals surface area contributed by atoms with Crippen molar-refractivity contribution in [3.63, 3.8) is 0 Å². The number of hydrogen-bond donors (Lipinski definition) is 2. The van der Waals surface area contributed by atoms with Crippen LogP contribution < -0.4 is 11.1 Å².